The van der Waals surface area contributed by atoms with E-state index in [9.17, 15) is 0 Å². The van der Waals surface area contributed by atoms with Crippen LogP contribution in [0.25, 0.3) is 0 Å². The first kappa shape index (κ1) is 13.6. The van der Waals surface area contributed by atoms with Crippen LogP contribution in [0.5, 0.6) is 0 Å². The van der Waals surface area contributed by atoms with Crippen molar-refractivity contribution in [3.05, 3.63) is 17.5 Å². The van der Waals surface area contributed by atoms with Gasteiger partial charge in [-0.25, -0.2) is 0 Å². The van der Waals surface area contributed by atoms with Crippen LogP contribution >= 0.6 is 0 Å². The predicted octanol–water partition coefficient (Wildman–Crippen LogP) is 1.69. The quantitative estimate of drug-likeness (QED) is 0.863. The summed E-state index contributed by atoms with van der Waals surface area (Å²) in [6, 6.07) is 0.641. The van der Waals surface area contributed by atoms with Crippen LogP contribution in [0.4, 0.5) is 0 Å². The number of hydrogen-bond acceptors (Lipinski definition) is 3. The van der Waals surface area contributed by atoms with Crippen LogP contribution < -0.4 is 5.32 Å². The minimum Gasteiger partial charge on any atom is -0.311 e. The van der Waals surface area contributed by atoms with Gasteiger partial charge in [0.05, 0.1) is 6.20 Å². The highest BCUT2D eigenvalue weighted by Crippen LogP contribution is 2.11. The first-order chi connectivity index (χ1) is 8.68. The first-order valence-electron chi connectivity index (χ1n) is 7.10. The summed E-state index contributed by atoms with van der Waals surface area (Å²) in [6.07, 6.45) is 6.11. The molecule has 0 radical (unpaired) electrons. The molecule has 1 aliphatic rings. The van der Waals surface area contributed by atoms with Crippen molar-refractivity contribution in [2.75, 3.05) is 19.6 Å². The van der Waals surface area contributed by atoms with Gasteiger partial charge in [0.25, 0.3) is 0 Å². The number of nitrogens with zero attached hydrogens (tertiary/aromatic N) is 3. The Bertz CT molecular complexity index is 366. The molecule has 0 spiro atoms. The van der Waals surface area contributed by atoms with E-state index in [2.05, 4.69) is 29.2 Å². The number of aromatic nitrogens is 2. The molecule has 2 heterocycles. The summed E-state index contributed by atoms with van der Waals surface area (Å²) in [6.45, 7) is 8.99. The van der Waals surface area contributed by atoms with Crippen LogP contribution in [0.15, 0.2) is 6.20 Å². The topological polar surface area (TPSA) is 33.1 Å². The van der Waals surface area contributed by atoms with Gasteiger partial charge in [0.1, 0.15) is 0 Å². The monoisotopic (exact) mass is 250 g/mol. The van der Waals surface area contributed by atoms with E-state index >= 15 is 0 Å². The largest absolute Gasteiger partial charge is 0.311 e. The normalized spacial score (nSPS) is 19.1. The van der Waals surface area contributed by atoms with E-state index in [1.165, 1.54) is 43.6 Å². The molecule has 1 aromatic rings. The van der Waals surface area contributed by atoms with E-state index in [0.29, 0.717) is 6.04 Å². The maximum absolute atomic E-state index is 4.27. The van der Waals surface area contributed by atoms with Gasteiger partial charge in [-0.2, -0.15) is 5.10 Å². The molecule has 0 saturated carbocycles. The number of hydrogen-bond donors (Lipinski definition) is 1. The number of rotatable bonds is 5. The lowest BCUT2D eigenvalue weighted by atomic mass is 10.1. The highest BCUT2D eigenvalue weighted by molar-refractivity contribution is 5.15. The zero-order valence-corrected chi connectivity index (χ0v) is 11.9. The Kier molecular flexibility index (Phi) is 4.78. The van der Waals surface area contributed by atoms with Crippen LogP contribution in [0, 0.1) is 6.92 Å². The van der Waals surface area contributed by atoms with Gasteiger partial charge in [-0.05, 0) is 39.8 Å². The molecule has 0 aliphatic carbocycles. The molecular formula is C14H26N4. The Balaban J connectivity index is 1.73. The summed E-state index contributed by atoms with van der Waals surface area (Å²) in [7, 11) is 2.00. The van der Waals surface area contributed by atoms with Gasteiger partial charge in [-0.3, -0.25) is 9.58 Å². The number of aryl methyl sites for hydroxylation is 1. The second-order valence-corrected chi connectivity index (χ2v) is 5.46. The van der Waals surface area contributed by atoms with E-state index in [4.69, 9.17) is 0 Å². The van der Waals surface area contributed by atoms with Crippen LogP contribution in [-0.4, -0.2) is 40.4 Å². The van der Waals surface area contributed by atoms with Crippen molar-refractivity contribution in [1.29, 1.82) is 0 Å². The average Bonchev–Trinajstić information content (AvgIpc) is 2.71. The van der Waals surface area contributed by atoms with Crippen molar-refractivity contribution in [2.24, 2.45) is 7.05 Å². The molecule has 1 unspecified atom stereocenters. The Morgan fingerprint density at radius 3 is 2.67 bits per heavy atom. The second-order valence-electron chi connectivity index (χ2n) is 5.46. The summed E-state index contributed by atoms with van der Waals surface area (Å²) in [4.78, 5) is 2.60. The van der Waals surface area contributed by atoms with Crippen molar-refractivity contribution in [2.45, 2.75) is 45.7 Å². The van der Waals surface area contributed by atoms with E-state index in [1.807, 2.05) is 17.9 Å². The summed E-state index contributed by atoms with van der Waals surface area (Å²) >= 11 is 0. The van der Waals surface area contributed by atoms with Gasteiger partial charge in [0, 0.05) is 37.4 Å². The molecule has 2 rings (SSSR count). The van der Waals surface area contributed by atoms with Crippen molar-refractivity contribution in [3.8, 4) is 0 Å². The third-order valence-electron chi connectivity index (χ3n) is 4.11. The smallest absolute Gasteiger partial charge is 0.0537 e. The Morgan fingerprint density at radius 2 is 2.06 bits per heavy atom. The third kappa shape index (κ3) is 3.33. The molecule has 0 bridgehead atoms. The Hall–Kier alpha value is -0.870. The summed E-state index contributed by atoms with van der Waals surface area (Å²) in [5.41, 5.74) is 2.57. The van der Waals surface area contributed by atoms with E-state index in [0.717, 1.165) is 13.1 Å². The minimum atomic E-state index is 0.641. The predicted molar refractivity (Wildman–Crippen MR) is 74.5 cm³/mol. The van der Waals surface area contributed by atoms with Gasteiger partial charge in [-0.15, -0.1) is 0 Å². The molecule has 1 N–H and O–H groups in total. The molecule has 18 heavy (non-hydrogen) atoms. The zero-order valence-electron chi connectivity index (χ0n) is 11.9. The lowest BCUT2D eigenvalue weighted by Gasteiger charge is -2.32. The number of likely N-dealkylation sites (tertiary alicyclic amines) is 1. The summed E-state index contributed by atoms with van der Waals surface area (Å²) in [5, 5.41) is 7.83. The fourth-order valence-corrected chi connectivity index (χ4v) is 2.62. The SMILES string of the molecule is Cc1c(CNCC(C)N2CCCCC2)cnn1C. The van der Waals surface area contributed by atoms with E-state index in [-0.39, 0.29) is 0 Å². The highest BCUT2D eigenvalue weighted by atomic mass is 15.3. The van der Waals surface area contributed by atoms with Crippen LogP contribution in [0.1, 0.15) is 37.4 Å². The van der Waals surface area contributed by atoms with Crippen LogP contribution in [-0.2, 0) is 13.6 Å². The molecule has 1 aromatic heterocycles. The van der Waals surface area contributed by atoms with Gasteiger partial charge in [0.2, 0.25) is 0 Å². The van der Waals surface area contributed by atoms with Crippen molar-refractivity contribution in [3.63, 3.8) is 0 Å². The maximum Gasteiger partial charge on any atom is 0.0537 e. The maximum atomic E-state index is 4.27. The number of nitrogens with one attached hydrogen (secondary N) is 1. The van der Waals surface area contributed by atoms with Gasteiger partial charge in [0.15, 0.2) is 0 Å². The molecule has 1 atom stereocenters. The molecule has 0 amide bonds. The highest BCUT2D eigenvalue weighted by Gasteiger charge is 2.16. The standard InChI is InChI=1S/C14H26N4/c1-12(18-7-5-4-6-8-18)9-15-10-14-11-16-17(3)13(14)2/h11-12,15H,4-10H2,1-3H3. The van der Waals surface area contributed by atoms with E-state index < -0.39 is 0 Å². The van der Waals surface area contributed by atoms with Crippen molar-refractivity contribution in [1.82, 2.24) is 20.0 Å². The fourth-order valence-electron chi connectivity index (χ4n) is 2.62. The molecule has 1 aliphatic heterocycles. The number of piperidine rings is 1. The van der Waals surface area contributed by atoms with Crippen molar-refractivity contribution < 1.29 is 0 Å². The minimum absolute atomic E-state index is 0.641. The fraction of sp³-hybridized carbons (Fsp3) is 0.786. The van der Waals surface area contributed by atoms with Crippen LogP contribution in [0.2, 0.25) is 0 Å². The van der Waals surface area contributed by atoms with Gasteiger partial charge < -0.3 is 5.32 Å². The second kappa shape index (κ2) is 6.34. The Labute approximate surface area is 110 Å². The molecular weight excluding hydrogens is 224 g/mol. The molecule has 1 saturated heterocycles. The lowest BCUT2D eigenvalue weighted by molar-refractivity contribution is 0.170. The third-order valence-corrected chi connectivity index (χ3v) is 4.11. The molecule has 102 valence electrons. The molecule has 4 heteroatoms. The lowest BCUT2D eigenvalue weighted by Crippen LogP contribution is -2.42. The van der Waals surface area contributed by atoms with Gasteiger partial charge in [-0.1, -0.05) is 6.42 Å². The average molecular weight is 250 g/mol. The van der Waals surface area contributed by atoms with E-state index in [1.54, 1.807) is 0 Å². The first-order valence-corrected chi connectivity index (χ1v) is 7.10. The molecule has 4 nitrogen and oxygen atoms in total. The zero-order chi connectivity index (χ0) is 13.0. The Morgan fingerprint density at radius 1 is 1.33 bits per heavy atom. The molecule has 1 fully saturated rings. The summed E-state index contributed by atoms with van der Waals surface area (Å²) in [5.74, 6) is 0. The molecule has 0 aromatic carbocycles. The van der Waals surface area contributed by atoms with Crippen LogP contribution in [0.3, 0.4) is 0 Å². The van der Waals surface area contributed by atoms with Gasteiger partial charge >= 0.3 is 0 Å². The summed E-state index contributed by atoms with van der Waals surface area (Å²) < 4.78 is 1.94. The van der Waals surface area contributed by atoms with Crippen molar-refractivity contribution >= 4 is 0 Å².